The second-order valence-corrected chi connectivity index (χ2v) is 7.73. The van der Waals surface area contributed by atoms with Gasteiger partial charge in [0.1, 0.15) is 0 Å². The number of thioether (sulfide) groups is 1. The third-order valence-corrected chi connectivity index (χ3v) is 5.18. The Morgan fingerprint density at radius 2 is 2.04 bits per heavy atom. The monoisotopic (exact) mass is 416 g/mol. The summed E-state index contributed by atoms with van der Waals surface area (Å²) < 4.78 is 0.938. The van der Waals surface area contributed by atoms with Crippen molar-refractivity contribution in [3.05, 3.63) is 58.6 Å². The summed E-state index contributed by atoms with van der Waals surface area (Å²) in [4.78, 5) is 16.8. The Hall–Kier alpha value is -2.12. The smallest absolute Gasteiger partial charge is 0.237 e. The summed E-state index contributed by atoms with van der Waals surface area (Å²) in [5, 5.41) is 10.3. The van der Waals surface area contributed by atoms with E-state index < -0.39 is 0 Å². The number of aromatic nitrogens is 3. The molecule has 3 aromatic rings. The van der Waals surface area contributed by atoms with Gasteiger partial charge >= 0.3 is 0 Å². The maximum Gasteiger partial charge on any atom is 0.237 e. The minimum atomic E-state index is -0.316. The van der Waals surface area contributed by atoms with E-state index in [2.05, 4.69) is 36.4 Å². The summed E-state index contributed by atoms with van der Waals surface area (Å²) >= 11 is 4.82. The normalized spacial score (nSPS) is 12.0. The van der Waals surface area contributed by atoms with E-state index >= 15 is 0 Å². The van der Waals surface area contributed by atoms with E-state index in [9.17, 15) is 4.79 Å². The molecule has 1 aromatic heterocycles. The van der Waals surface area contributed by atoms with Crippen LogP contribution in [-0.4, -0.2) is 26.3 Å². The number of hydrogen-bond acceptors (Lipinski definition) is 4. The third kappa shape index (κ3) is 4.49. The lowest BCUT2D eigenvalue weighted by atomic mass is 10.2. The molecular formula is C18H17BrN4OS. The van der Waals surface area contributed by atoms with E-state index in [-0.39, 0.29) is 11.2 Å². The maximum atomic E-state index is 12.4. The van der Waals surface area contributed by atoms with Crippen molar-refractivity contribution < 1.29 is 4.79 Å². The molecule has 7 heteroatoms. The SMILES string of the molecule is Cc1cccc(NC(=O)[C@@H](C)Sc2n[nH]c(-c3ccccc3Br)n2)c1. The van der Waals surface area contributed by atoms with E-state index in [4.69, 9.17) is 0 Å². The van der Waals surface area contributed by atoms with Crippen molar-refractivity contribution in [3.63, 3.8) is 0 Å². The molecular weight excluding hydrogens is 400 g/mol. The molecule has 0 aliphatic rings. The Labute approximate surface area is 158 Å². The minimum absolute atomic E-state index is 0.0807. The van der Waals surface area contributed by atoms with Crippen LogP contribution < -0.4 is 5.32 Å². The Morgan fingerprint density at radius 3 is 2.80 bits per heavy atom. The average Bonchev–Trinajstić information content (AvgIpc) is 3.03. The predicted molar refractivity (Wildman–Crippen MR) is 105 cm³/mol. The Kier molecular flexibility index (Phi) is 5.55. The van der Waals surface area contributed by atoms with Gasteiger partial charge in [-0.25, -0.2) is 4.98 Å². The maximum absolute atomic E-state index is 12.4. The number of carbonyl (C=O) groups excluding carboxylic acids is 1. The number of amides is 1. The lowest BCUT2D eigenvalue weighted by molar-refractivity contribution is -0.115. The van der Waals surface area contributed by atoms with E-state index in [0.717, 1.165) is 21.3 Å². The van der Waals surface area contributed by atoms with Crippen molar-refractivity contribution in [2.24, 2.45) is 0 Å². The fourth-order valence-electron chi connectivity index (χ4n) is 2.25. The van der Waals surface area contributed by atoms with Gasteiger partial charge in [0.05, 0.1) is 5.25 Å². The lowest BCUT2D eigenvalue weighted by Crippen LogP contribution is -2.22. The second kappa shape index (κ2) is 7.84. The first kappa shape index (κ1) is 17.7. The minimum Gasteiger partial charge on any atom is -0.325 e. The van der Waals surface area contributed by atoms with Gasteiger partial charge in [-0.1, -0.05) is 58.0 Å². The van der Waals surface area contributed by atoms with E-state index in [1.165, 1.54) is 11.8 Å². The van der Waals surface area contributed by atoms with E-state index in [1.807, 2.05) is 62.4 Å². The van der Waals surface area contributed by atoms with Crippen LogP contribution in [0, 0.1) is 6.92 Å². The molecule has 0 spiro atoms. The Balaban J connectivity index is 1.66. The highest BCUT2D eigenvalue weighted by molar-refractivity contribution is 9.10. The van der Waals surface area contributed by atoms with Crippen molar-refractivity contribution in [3.8, 4) is 11.4 Å². The quantitative estimate of drug-likeness (QED) is 0.593. The predicted octanol–water partition coefficient (Wildman–Crippen LogP) is 4.66. The lowest BCUT2D eigenvalue weighted by Gasteiger charge is -2.10. The first-order chi connectivity index (χ1) is 12.0. The molecule has 1 heterocycles. The Bertz CT molecular complexity index is 896. The van der Waals surface area contributed by atoms with Gasteiger partial charge in [0, 0.05) is 15.7 Å². The number of nitrogens with one attached hydrogen (secondary N) is 2. The van der Waals surface area contributed by atoms with Crippen molar-refractivity contribution >= 4 is 39.3 Å². The summed E-state index contributed by atoms with van der Waals surface area (Å²) in [7, 11) is 0. The fourth-order valence-corrected chi connectivity index (χ4v) is 3.45. The molecule has 2 N–H and O–H groups in total. The van der Waals surface area contributed by atoms with Crippen molar-refractivity contribution in [2.75, 3.05) is 5.32 Å². The van der Waals surface area contributed by atoms with Crippen LogP contribution in [0.5, 0.6) is 0 Å². The molecule has 0 aliphatic heterocycles. The number of nitrogens with zero attached hydrogens (tertiary/aromatic N) is 2. The molecule has 128 valence electrons. The van der Waals surface area contributed by atoms with Crippen LogP contribution in [0.15, 0.2) is 58.2 Å². The van der Waals surface area contributed by atoms with Crippen LogP contribution in [-0.2, 0) is 4.79 Å². The van der Waals surface area contributed by atoms with Gasteiger partial charge < -0.3 is 5.32 Å². The molecule has 0 unspecified atom stereocenters. The topological polar surface area (TPSA) is 70.7 Å². The molecule has 2 aromatic carbocycles. The highest BCUT2D eigenvalue weighted by Crippen LogP contribution is 2.28. The highest BCUT2D eigenvalue weighted by atomic mass is 79.9. The number of rotatable bonds is 5. The van der Waals surface area contributed by atoms with E-state index in [1.54, 1.807) is 0 Å². The summed E-state index contributed by atoms with van der Waals surface area (Å²) in [6, 6.07) is 15.5. The molecule has 1 amide bonds. The number of anilines is 1. The number of benzene rings is 2. The number of halogens is 1. The first-order valence-electron chi connectivity index (χ1n) is 7.74. The standard InChI is InChI=1S/C18H17BrN4OS/c1-11-6-5-7-13(10-11)20-17(24)12(2)25-18-21-16(22-23-18)14-8-3-4-9-15(14)19/h3-10,12H,1-2H3,(H,20,24)(H,21,22,23)/t12-/m1/s1. The van der Waals surface area contributed by atoms with Gasteiger partial charge in [-0.15, -0.1) is 5.10 Å². The average molecular weight is 417 g/mol. The number of aromatic amines is 1. The summed E-state index contributed by atoms with van der Waals surface area (Å²) in [5.74, 6) is 0.587. The molecule has 1 atom stereocenters. The van der Waals surface area contributed by atoms with Crippen LogP contribution in [0.1, 0.15) is 12.5 Å². The van der Waals surface area contributed by atoms with Crippen LogP contribution in [0.25, 0.3) is 11.4 Å². The third-order valence-electron chi connectivity index (χ3n) is 3.53. The number of H-pyrrole nitrogens is 1. The van der Waals surface area contributed by atoms with Gasteiger partial charge in [0.25, 0.3) is 0 Å². The fraction of sp³-hybridized carbons (Fsp3) is 0.167. The molecule has 0 saturated heterocycles. The molecule has 0 aliphatic carbocycles. The van der Waals surface area contributed by atoms with Crippen LogP contribution >= 0.6 is 27.7 Å². The summed E-state index contributed by atoms with van der Waals surface area (Å²) in [6.45, 7) is 3.83. The van der Waals surface area contributed by atoms with Gasteiger partial charge in [0.15, 0.2) is 5.82 Å². The summed E-state index contributed by atoms with van der Waals surface area (Å²) in [6.07, 6.45) is 0. The van der Waals surface area contributed by atoms with Crippen LogP contribution in [0.4, 0.5) is 5.69 Å². The van der Waals surface area contributed by atoms with Crippen molar-refractivity contribution in [1.29, 1.82) is 0 Å². The second-order valence-electron chi connectivity index (χ2n) is 5.57. The van der Waals surface area contributed by atoms with Gasteiger partial charge in [-0.2, -0.15) is 0 Å². The number of carbonyl (C=O) groups is 1. The molecule has 5 nitrogen and oxygen atoms in total. The molecule has 0 saturated carbocycles. The van der Waals surface area contributed by atoms with Crippen molar-refractivity contribution in [2.45, 2.75) is 24.3 Å². The zero-order chi connectivity index (χ0) is 17.8. The van der Waals surface area contributed by atoms with Gasteiger partial charge in [0.2, 0.25) is 11.1 Å². The van der Waals surface area contributed by atoms with Gasteiger partial charge in [-0.05, 0) is 37.6 Å². The summed E-state index contributed by atoms with van der Waals surface area (Å²) in [5.41, 5.74) is 2.82. The molecule has 0 radical (unpaired) electrons. The molecule has 0 fully saturated rings. The zero-order valence-corrected chi connectivity index (χ0v) is 16.2. The number of aryl methyl sites for hydroxylation is 1. The molecule has 0 bridgehead atoms. The molecule has 3 rings (SSSR count). The first-order valence-corrected chi connectivity index (χ1v) is 9.41. The van der Waals surface area contributed by atoms with Crippen LogP contribution in [0.2, 0.25) is 0 Å². The van der Waals surface area contributed by atoms with E-state index in [0.29, 0.717) is 11.0 Å². The van der Waals surface area contributed by atoms with Crippen molar-refractivity contribution in [1.82, 2.24) is 15.2 Å². The number of hydrogen-bond donors (Lipinski definition) is 2. The van der Waals surface area contributed by atoms with Crippen LogP contribution in [0.3, 0.4) is 0 Å². The Morgan fingerprint density at radius 1 is 1.24 bits per heavy atom. The van der Waals surface area contributed by atoms with Gasteiger partial charge in [-0.3, -0.25) is 9.89 Å². The largest absolute Gasteiger partial charge is 0.325 e. The zero-order valence-electron chi connectivity index (χ0n) is 13.8. The highest BCUT2D eigenvalue weighted by Gasteiger charge is 2.18. The molecule has 25 heavy (non-hydrogen) atoms.